The number of hydrogen-bond donors (Lipinski definition) is 3. The molecule has 2 aromatic carbocycles. The number of aromatic nitrogens is 1. The second-order valence-corrected chi connectivity index (χ2v) is 7.35. The summed E-state index contributed by atoms with van der Waals surface area (Å²) in [6.45, 7) is 1.02. The second-order valence-electron chi connectivity index (χ2n) is 6.50. The summed E-state index contributed by atoms with van der Waals surface area (Å²) in [6, 6.07) is 14.1. The number of urea groups is 1. The zero-order valence-electron chi connectivity index (χ0n) is 16.0. The number of thiazole rings is 1. The molecule has 0 spiro atoms. The maximum absolute atomic E-state index is 12.3. The molecule has 0 aliphatic carbocycles. The van der Waals surface area contributed by atoms with E-state index in [9.17, 15) is 9.59 Å². The van der Waals surface area contributed by atoms with Crippen molar-refractivity contribution in [2.24, 2.45) is 0 Å². The monoisotopic (exact) mass is 424 g/mol. The minimum atomic E-state index is -0.363. The SMILES string of the molecule is O=C(CCc1csc(NC(=O)Nc2ccccc2)n1)Nc1ccc2c(c1)OCCO2. The minimum absolute atomic E-state index is 0.129. The maximum atomic E-state index is 12.3. The molecule has 2 heterocycles. The Hall–Kier alpha value is -3.59. The van der Waals surface area contributed by atoms with Gasteiger partial charge in [0.1, 0.15) is 13.2 Å². The zero-order valence-corrected chi connectivity index (χ0v) is 16.8. The van der Waals surface area contributed by atoms with Crippen LogP contribution in [0.4, 0.5) is 21.3 Å². The van der Waals surface area contributed by atoms with Crippen LogP contribution in [0.1, 0.15) is 12.1 Å². The number of nitrogens with zero attached hydrogens (tertiary/aromatic N) is 1. The van der Waals surface area contributed by atoms with Gasteiger partial charge in [-0.2, -0.15) is 0 Å². The van der Waals surface area contributed by atoms with Crippen molar-refractivity contribution in [1.82, 2.24) is 4.98 Å². The van der Waals surface area contributed by atoms with Gasteiger partial charge in [0.15, 0.2) is 16.6 Å². The number of aryl methyl sites for hydroxylation is 1. The molecule has 0 atom stereocenters. The topological polar surface area (TPSA) is 102 Å². The number of carbonyl (C=O) groups excluding carboxylic acids is 2. The molecule has 8 nitrogen and oxygen atoms in total. The third-order valence-corrected chi connectivity index (χ3v) is 5.04. The van der Waals surface area contributed by atoms with Crippen LogP contribution >= 0.6 is 11.3 Å². The molecule has 3 N–H and O–H groups in total. The number of fused-ring (bicyclic) bond motifs is 1. The van der Waals surface area contributed by atoms with Crippen LogP contribution in [0, 0.1) is 0 Å². The van der Waals surface area contributed by atoms with Crippen LogP contribution in [0.25, 0.3) is 0 Å². The molecule has 0 unspecified atom stereocenters. The highest BCUT2D eigenvalue weighted by Crippen LogP contribution is 2.32. The zero-order chi connectivity index (χ0) is 20.8. The van der Waals surface area contributed by atoms with Gasteiger partial charge < -0.3 is 20.1 Å². The van der Waals surface area contributed by atoms with Gasteiger partial charge >= 0.3 is 6.03 Å². The fraction of sp³-hybridized carbons (Fsp3) is 0.190. The molecule has 0 saturated carbocycles. The number of benzene rings is 2. The van der Waals surface area contributed by atoms with Gasteiger partial charge in [-0.3, -0.25) is 10.1 Å². The van der Waals surface area contributed by atoms with Crippen molar-refractivity contribution in [3.05, 3.63) is 59.6 Å². The number of hydrogen-bond acceptors (Lipinski definition) is 6. The van der Waals surface area contributed by atoms with E-state index in [-0.39, 0.29) is 18.4 Å². The average Bonchev–Trinajstić information content (AvgIpc) is 3.20. The van der Waals surface area contributed by atoms with Crippen molar-refractivity contribution in [2.45, 2.75) is 12.8 Å². The summed E-state index contributed by atoms with van der Waals surface area (Å²) in [4.78, 5) is 28.6. The summed E-state index contributed by atoms with van der Waals surface area (Å²) in [5, 5.41) is 10.6. The van der Waals surface area contributed by atoms with Gasteiger partial charge in [-0.15, -0.1) is 11.3 Å². The van der Waals surface area contributed by atoms with Crippen molar-refractivity contribution in [3.63, 3.8) is 0 Å². The first-order chi connectivity index (χ1) is 14.7. The number of carbonyl (C=O) groups is 2. The smallest absolute Gasteiger partial charge is 0.325 e. The quantitative estimate of drug-likeness (QED) is 0.552. The van der Waals surface area contributed by atoms with E-state index < -0.39 is 0 Å². The van der Waals surface area contributed by atoms with Gasteiger partial charge in [0.2, 0.25) is 5.91 Å². The second kappa shape index (κ2) is 9.27. The molecular formula is C21H20N4O4S. The number of rotatable bonds is 6. The lowest BCUT2D eigenvalue weighted by atomic mass is 10.2. The summed E-state index contributed by atoms with van der Waals surface area (Å²) < 4.78 is 11.0. The number of ether oxygens (including phenoxy) is 2. The van der Waals surface area contributed by atoms with E-state index in [0.29, 0.717) is 47.6 Å². The fourth-order valence-electron chi connectivity index (χ4n) is 2.85. The number of anilines is 3. The first kappa shape index (κ1) is 19.7. The van der Waals surface area contributed by atoms with Crippen molar-refractivity contribution in [2.75, 3.05) is 29.2 Å². The Kier molecular flexibility index (Phi) is 6.09. The fourth-order valence-corrected chi connectivity index (χ4v) is 3.59. The predicted octanol–water partition coefficient (Wildman–Crippen LogP) is 4.13. The van der Waals surface area contributed by atoms with Gasteiger partial charge in [-0.05, 0) is 30.7 Å². The predicted molar refractivity (Wildman–Crippen MR) is 116 cm³/mol. The van der Waals surface area contributed by atoms with Crippen LogP contribution in [-0.4, -0.2) is 30.1 Å². The lowest BCUT2D eigenvalue weighted by molar-refractivity contribution is -0.116. The molecular weight excluding hydrogens is 404 g/mol. The van der Waals surface area contributed by atoms with E-state index in [2.05, 4.69) is 20.9 Å². The summed E-state index contributed by atoms with van der Waals surface area (Å²) in [7, 11) is 0. The molecule has 1 aliphatic heterocycles. The average molecular weight is 424 g/mol. The highest BCUT2D eigenvalue weighted by Gasteiger charge is 2.13. The number of amides is 3. The molecule has 30 heavy (non-hydrogen) atoms. The molecule has 0 saturated heterocycles. The van der Waals surface area contributed by atoms with Crippen LogP contribution in [0.15, 0.2) is 53.9 Å². The molecule has 4 rings (SSSR count). The van der Waals surface area contributed by atoms with E-state index in [1.54, 1.807) is 30.3 Å². The molecule has 1 aromatic heterocycles. The maximum Gasteiger partial charge on any atom is 0.325 e. The van der Waals surface area contributed by atoms with Crippen LogP contribution in [0.3, 0.4) is 0 Å². The molecule has 3 aromatic rings. The van der Waals surface area contributed by atoms with Gasteiger partial charge in [0.25, 0.3) is 0 Å². The highest BCUT2D eigenvalue weighted by molar-refractivity contribution is 7.13. The third-order valence-electron chi connectivity index (χ3n) is 4.24. The van der Waals surface area contributed by atoms with E-state index >= 15 is 0 Å². The summed E-state index contributed by atoms with van der Waals surface area (Å²) >= 11 is 1.31. The summed E-state index contributed by atoms with van der Waals surface area (Å²) in [6.07, 6.45) is 0.739. The van der Waals surface area contributed by atoms with Crippen molar-refractivity contribution in [1.29, 1.82) is 0 Å². The molecule has 0 bridgehead atoms. The molecule has 0 radical (unpaired) electrons. The highest BCUT2D eigenvalue weighted by atomic mass is 32.1. The molecule has 3 amide bonds. The van der Waals surface area contributed by atoms with Crippen molar-refractivity contribution in [3.8, 4) is 11.5 Å². The number of para-hydroxylation sites is 1. The summed E-state index contributed by atoms with van der Waals surface area (Å²) in [5.74, 6) is 1.18. The third kappa shape index (κ3) is 5.26. The summed E-state index contributed by atoms with van der Waals surface area (Å²) in [5.41, 5.74) is 2.09. The van der Waals surface area contributed by atoms with E-state index in [1.165, 1.54) is 11.3 Å². The van der Waals surface area contributed by atoms with Gasteiger partial charge in [0, 0.05) is 29.2 Å². The Bertz CT molecular complexity index is 1040. The van der Waals surface area contributed by atoms with Crippen molar-refractivity contribution < 1.29 is 19.1 Å². The Morgan fingerprint density at radius 2 is 1.73 bits per heavy atom. The van der Waals surface area contributed by atoms with Crippen LogP contribution in [0.5, 0.6) is 11.5 Å². The van der Waals surface area contributed by atoms with Crippen LogP contribution in [0.2, 0.25) is 0 Å². The standard InChI is InChI=1S/C21H20N4O4S/c26-19(22-15-6-8-17-18(12-15)29-11-10-28-17)9-7-16-13-30-21(24-16)25-20(27)23-14-4-2-1-3-5-14/h1-6,8,12-13H,7,9-11H2,(H,22,26)(H2,23,24,25,27). The van der Waals surface area contributed by atoms with Gasteiger partial charge in [-0.25, -0.2) is 9.78 Å². The Morgan fingerprint density at radius 1 is 0.933 bits per heavy atom. The Labute approximate surface area is 177 Å². The van der Waals surface area contributed by atoms with E-state index in [0.717, 1.165) is 5.69 Å². The lowest BCUT2D eigenvalue weighted by Gasteiger charge is -2.19. The largest absolute Gasteiger partial charge is 0.486 e. The number of nitrogens with one attached hydrogen (secondary N) is 3. The molecule has 1 aliphatic rings. The first-order valence-corrected chi connectivity index (χ1v) is 10.3. The molecule has 0 fully saturated rings. The first-order valence-electron chi connectivity index (χ1n) is 9.43. The Morgan fingerprint density at radius 3 is 2.57 bits per heavy atom. The molecule has 9 heteroatoms. The van der Waals surface area contributed by atoms with Gasteiger partial charge in [0.05, 0.1) is 5.69 Å². The Balaban J connectivity index is 1.25. The van der Waals surface area contributed by atoms with E-state index in [4.69, 9.17) is 9.47 Å². The van der Waals surface area contributed by atoms with Crippen molar-refractivity contribution >= 4 is 39.8 Å². The van der Waals surface area contributed by atoms with Crippen LogP contribution in [-0.2, 0) is 11.2 Å². The van der Waals surface area contributed by atoms with Crippen LogP contribution < -0.4 is 25.4 Å². The van der Waals surface area contributed by atoms with E-state index in [1.807, 2.05) is 23.6 Å². The molecule has 154 valence electrons. The minimum Gasteiger partial charge on any atom is -0.486 e. The normalized spacial score (nSPS) is 12.1. The van der Waals surface area contributed by atoms with Gasteiger partial charge in [-0.1, -0.05) is 18.2 Å². The lowest BCUT2D eigenvalue weighted by Crippen LogP contribution is -2.19.